The van der Waals surface area contributed by atoms with E-state index in [-0.39, 0.29) is 22.2 Å². The molecule has 1 aliphatic heterocycles. The summed E-state index contributed by atoms with van der Waals surface area (Å²) in [5.74, 6) is -0.511. The van der Waals surface area contributed by atoms with Crippen LogP contribution in [0.5, 0.6) is 5.75 Å². The quantitative estimate of drug-likeness (QED) is 0.835. The van der Waals surface area contributed by atoms with Gasteiger partial charge in [0.1, 0.15) is 10.6 Å². The second kappa shape index (κ2) is 6.64. The third kappa shape index (κ3) is 3.00. The maximum absolute atomic E-state index is 13.4. The Labute approximate surface area is 161 Å². The third-order valence-electron chi connectivity index (χ3n) is 4.19. The van der Waals surface area contributed by atoms with Crippen molar-refractivity contribution in [1.82, 2.24) is 0 Å². The fourth-order valence-electron chi connectivity index (χ4n) is 2.81. The monoisotopic (exact) mass is 414 g/mol. The number of ether oxygens (including phenoxy) is 1. The number of hydrogen-bond donors (Lipinski definition) is 1. The van der Waals surface area contributed by atoms with Crippen molar-refractivity contribution in [2.24, 2.45) is 5.73 Å². The van der Waals surface area contributed by atoms with Crippen molar-refractivity contribution in [1.29, 1.82) is 0 Å². The Hall–Kier alpha value is -1.96. The molecule has 26 heavy (non-hydrogen) atoms. The number of aryl methyl sites for hydroxylation is 1. The van der Waals surface area contributed by atoms with Crippen LogP contribution in [0.15, 0.2) is 35.2 Å². The topological polar surface area (TPSA) is 89.7 Å². The van der Waals surface area contributed by atoms with Crippen LogP contribution in [0, 0.1) is 13.8 Å². The summed E-state index contributed by atoms with van der Waals surface area (Å²) in [5, 5.41) is 0.380. The normalized spacial score (nSPS) is 16.8. The zero-order valence-corrected chi connectivity index (χ0v) is 16.3. The van der Waals surface area contributed by atoms with Gasteiger partial charge in [0.2, 0.25) is 0 Å². The molecule has 0 spiro atoms. The number of anilines is 1. The lowest BCUT2D eigenvalue weighted by Gasteiger charge is -2.34. The zero-order valence-electron chi connectivity index (χ0n) is 14.0. The lowest BCUT2D eigenvalue weighted by molar-refractivity contribution is -0.124. The number of nitrogens with two attached hydrogens (primary N) is 1. The molecule has 1 amide bonds. The SMILES string of the molecule is Cc1cc(Cl)c(C)c(S(=O)(=O)N2C[C@H](C(N)=O)Oc3ccccc32)c1Cl. The third-order valence-corrected chi connectivity index (χ3v) is 7.13. The molecule has 0 bridgehead atoms. The van der Waals surface area contributed by atoms with Gasteiger partial charge < -0.3 is 10.5 Å². The number of fused-ring (bicyclic) bond motifs is 1. The number of primary amides is 1. The molecule has 2 N–H and O–H groups in total. The minimum Gasteiger partial charge on any atom is -0.476 e. The Balaban J connectivity index is 2.24. The van der Waals surface area contributed by atoms with Crippen molar-refractivity contribution in [3.8, 4) is 5.75 Å². The first kappa shape index (κ1) is 18.8. The van der Waals surface area contributed by atoms with Crippen LogP contribution in [0.25, 0.3) is 0 Å². The van der Waals surface area contributed by atoms with Gasteiger partial charge >= 0.3 is 0 Å². The van der Waals surface area contributed by atoms with Crippen LogP contribution < -0.4 is 14.8 Å². The van der Waals surface area contributed by atoms with Crippen LogP contribution in [0.1, 0.15) is 11.1 Å². The standard InChI is InChI=1S/C17H16Cl2N2O4S/c1-9-7-11(18)10(2)16(15(9)19)26(23,24)21-8-14(17(20)22)25-13-6-4-3-5-12(13)21/h3-7,14H,8H2,1-2H3,(H2,20,22)/t14-/m1/s1. The molecular formula is C17H16Cl2N2O4S. The largest absolute Gasteiger partial charge is 0.476 e. The fraction of sp³-hybridized carbons (Fsp3) is 0.235. The van der Waals surface area contributed by atoms with E-state index in [2.05, 4.69) is 0 Å². The number of amides is 1. The van der Waals surface area contributed by atoms with E-state index in [0.717, 1.165) is 4.31 Å². The Morgan fingerprint density at radius 3 is 2.58 bits per heavy atom. The van der Waals surface area contributed by atoms with Crippen molar-refractivity contribution in [3.63, 3.8) is 0 Å². The first-order valence-electron chi connectivity index (χ1n) is 7.67. The van der Waals surface area contributed by atoms with Crippen LogP contribution in [-0.4, -0.2) is 27.0 Å². The second-order valence-corrected chi connectivity index (χ2v) is 8.54. The van der Waals surface area contributed by atoms with E-state index < -0.39 is 22.0 Å². The highest BCUT2D eigenvalue weighted by molar-refractivity contribution is 7.93. The van der Waals surface area contributed by atoms with Crippen LogP contribution >= 0.6 is 23.2 Å². The lowest BCUT2D eigenvalue weighted by atomic mass is 10.2. The van der Waals surface area contributed by atoms with E-state index in [1.54, 1.807) is 44.2 Å². The van der Waals surface area contributed by atoms with E-state index in [1.165, 1.54) is 0 Å². The second-order valence-electron chi connectivity index (χ2n) is 5.96. The van der Waals surface area contributed by atoms with Gasteiger partial charge in [0.15, 0.2) is 6.10 Å². The molecule has 0 fully saturated rings. The molecule has 138 valence electrons. The molecule has 2 aromatic rings. The van der Waals surface area contributed by atoms with Gasteiger partial charge in [-0.15, -0.1) is 0 Å². The van der Waals surface area contributed by atoms with Gasteiger partial charge in [-0.1, -0.05) is 35.3 Å². The molecule has 9 heteroatoms. The van der Waals surface area contributed by atoms with E-state index >= 15 is 0 Å². The summed E-state index contributed by atoms with van der Waals surface area (Å²) < 4.78 is 33.5. The predicted molar refractivity (Wildman–Crippen MR) is 101 cm³/mol. The maximum Gasteiger partial charge on any atom is 0.266 e. The summed E-state index contributed by atoms with van der Waals surface area (Å²) in [6, 6.07) is 8.12. The van der Waals surface area contributed by atoms with Crippen LogP contribution in [0.4, 0.5) is 5.69 Å². The number of sulfonamides is 1. The van der Waals surface area contributed by atoms with Crippen molar-refractivity contribution in [2.75, 3.05) is 10.8 Å². The highest BCUT2D eigenvalue weighted by Crippen LogP contribution is 2.41. The molecule has 1 atom stereocenters. The molecule has 0 saturated carbocycles. The van der Waals surface area contributed by atoms with Gasteiger partial charge in [0.05, 0.1) is 17.3 Å². The van der Waals surface area contributed by atoms with Gasteiger partial charge in [-0.05, 0) is 43.2 Å². The van der Waals surface area contributed by atoms with Gasteiger partial charge in [0.25, 0.3) is 15.9 Å². The van der Waals surface area contributed by atoms with E-state index in [9.17, 15) is 13.2 Å². The highest BCUT2D eigenvalue weighted by Gasteiger charge is 2.38. The summed E-state index contributed by atoms with van der Waals surface area (Å²) in [7, 11) is -4.12. The minimum absolute atomic E-state index is 0.0893. The number of rotatable bonds is 3. The van der Waals surface area contributed by atoms with Crippen LogP contribution in [0.3, 0.4) is 0 Å². The maximum atomic E-state index is 13.4. The summed E-state index contributed by atoms with van der Waals surface area (Å²) in [6.45, 7) is 3.00. The number of carbonyl (C=O) groups is 1. The molecule has 0 aromatic heterocycles. The van der Waals surface area contributed by atoms with Crippen molar-refractivity contribution >= 4 is 44.8 Å². The van der Waals surface area contributed by atoms with Gasteiger partial charge in [0, 0.05) is 5.02 Å². The number of nitrogens with zero attached hydrogens (tertiary/aromatic N) is 1. The Morgan fingerprint density at radius 1 is 1.27 bits per heavy atom. The molecule has 2 aromatic carbocycles. The average Bonchev–Trinajstić information content (AvgIpc) is 2.59. The minimum atomic E-state index is -4.12. The van der Waals surface area contributed by atoms with E-state index in [4.69, 9.17) is 33.7 Å². The first-order valence-corrected chi connectivity index (χ1v) is 9.87. The number of carbonyl (C=O) groups excluding carboxylic acids is 1. The molecular weight excluding hydrogens is 399 g/mol. The molecule has 1 heterocycles. The lowest BCUT2D eigenvalue weighted by Crippen LogP contribution is -2.49. The Morgan fingerprint density at radius 2 is 1.92 bits per heavy atom. The average molecular weight is 415 g/mol. The van der Waals surface area contributed by atoms with Gasteiger partial charge in [-0.2, -0.15) is 0 Å². The smallest absolute Gasteiger partial charge is 0.266 e. The summed E-state index contributed by atoms with van der Waals surface area (Å²) in [6.07, 6.45) is -1.11. The van der Waals surface area contributed by atoms with Gasteiger partial charge in [-0.25, -0.2) is 8.42 Å². The number of hydrogen-bond acceptors (Lipinski definition) is 4. The molecule has 0 aliphatic carbocycles. The Bertz CT molecular complexity index is 982. The van der Waals surface area contributed by atoms with E-state index in [0.29, 0.717) is 21.8 Å². The van der Waals surface area contributed by atoms with E-state index in [1.807, 2.05) is 0 Å². The molecule has 1 aliphatic rings. The highest BCUT2D eigenvalue weighted by atomic mass is 35.5. The molecule has 0 radical (unpaired) electrons. The number of para-hydroxylation sites is 2. The fourth-order valence-corrected chi connectivity index (χ4v) is 5.46. The molecule has 0 saturated heterocycles. The summed E-state index contributed by atoms with van der Waals surface area (Å²) in [5.41, 5.74) is 6.52. The van der Waals surface area contributed by atoms with Gasteiger partial charge in [-0.3, -0.25) is 9.10 Å². The summed E-state index contributed by atoms with van der Waals surface area (Å²) in [4.78, 5) is 11.6. The first-order chi connectivity index (χ1) is 12.1. The predicted octanol–water partition coefficient (Wildman–Crippen LogP) is 3.05. The molecule has 3 rings (SSSR count). The Kier molecular flexibility index (Phi) is 4.81. The zero-order chi connectivity index (χ0) is 19.2. The number of halogens is 2. The van der Waals surface area contributed by atoms with Crippen LogP contribution in [0.2, 0.25) is 10.0 Å². The van der Waals surface area contributed by atoms with Crippen molar-refractivity contribution in [2.45, 2.75) is 24.8 Å². The number of benzene rings is 2. The molecule has 0 unspecified atom stereocenters. The summed E-state index contributed by atoms with van der Waals surface area (Å²) >= 11 is 12.5. The van der Waals surface area contributed by atoms with Crippen molar-refractivity contribution in [3.05, 3.63) is 51.5 Å². The van der Waals surface area contributed by atoms with Crippen LogP contribution in [-0.2, 0) is 14.8 Å². The van der Waals surface area contributed by atoms with Crippen molar-refractivity contribution < 1.29 is 17.9 Å². The molecule has 6 nitrogen and oxygen atoms in total.